The molecule has 1 fully saturated rings. The molecule has 0 bridgehead atoms. The van der Waals surface area contributed by atoms with Crippen LogP contribution in [0.4, 0.5) is 4.39 Å². The molecule has 1 unspecified atom stereocenters. The Morgan fingerprint density at radius 3 is 2.00 bits per heavy atom. The highest BCUT2D eigenvalue weighted by atomic mass is 32.2. The third kappa shape index (κ3) is 5.69. The van der Waals surface area contributed by atoms with Gasteiger partial charge in [-0.2, -0.15) is 4.31 Å². The van der Waals surface area contributed by atoms with E-state index >= 15 is 0 Å². The Morgan fingerprint density at radius 2 is 1.45 bits per heavy atom. The minimum atomic E-state index is -3.85. The van der Waals surface area contributed by atoms with Crippen molar-refractivity contribution in [3.63, 3.8) is 0 Å². The molecule has 31 heavy (non-hydrogen) atoms. The highest BCUT2D eigenvalue weighted by Crippen LogP contribution is 2.23. The average Bonchev–Trinajstić information content (AvgIpc) is 2.75. The molecule has 2 aromatic carbocycles. The molecule has 3 rings (SSSR count). The molecule has 0 aromatic heterocycles. The van der Waals surface area contributed by atoms with E-state index < -0.39 is 20.0 Å². The predicted molar refractivity (Wildman–Crippen MR) is 117 cm³/mol. The Balaban J connectivity index is 1.73. The fourth-order valence-electron chi connectivity index (χ4n) is 3.60. The second-order valence-electron chi connectivity index (χ2n) is 7.82. The Labute approximate surface area is 184 Å². The zero-order valence-electron chi connectivity index (χ0n) is 17.7. The van der Waals surface area contributed by atoms with E-state index in [2.05, 4.69) is 4.72 Å². The van der Waals surface area contributed by atoms with E-state index in [1.165, 1.54) is 40.7 Å². The van der Waals surface area contributed by atoms with E-state index in [1.807, 2.05) is 19.0 Å². The molecular weight excluding hydrogens is 441 g/mol. The third-order valence-corrected chi connectivity index (χ3v) is 8.78. The second kappa shape index (κ2) is 9.74. The van der Waals surface area contributed by atoms with Crippen LogP contribution in [0.15, 0.2) is 58.3 Å². The number of benzene rings is 2. The number of rotatable bonds is 8. The maximum absolute atomic E-state index is 13.2. The third-order valence-electron chi connectivity index (χ3n) is 5.43. The zero-order chi connectivity index (χ0) is 22.6. The molecular formula is C21H28FN3O4S2. The van der Waals surface area contributed by atoms with Gasteiger partial charge in [-0.25, -0.2) is 25.9 Å². The van der Waals surface area contributed by atoms with Gasteiger partial charge in [-0.15, -0.1) is 0 Å². The van der Waals surface area contributed by atoms with Crippen LogP contribution in [-0.2, 0) is 20.0 Å². The van der Waals surface area contributed by atoms with E-state index in [9.17, 15) is 21.2 Å². The van der Waals surface area contributed by atoms with E-state index in [0.29, 0.717) is 13.1 Å². The minimum Gasteiger partial charge on any atom is -0.301 e. The highest BCUT2D eigenvalue weighted by Gasteiger charge is 2.27. The van der Waals surface area contributed by atoms with Crippen LogP contribution in [0.25, 0.3) is 0 Å². The lowest BCUT2D eigenvalue weighted by Crippen LogP contribution is -2.35. The maximum atomic E-state index is 13.2. The monoisotopic (exact) mass is 469 g/mol. The second-order valence-corrected chi connectivity index (χ2v) is 11.5. The van der Waals surface area contributed by atoms with Crippen molar-refractivity contribution in [1.29, 1.82) is 0 Å². The summed E-state index contributed by atoms with van der Waals surface area (Å²) in [7, 11) is -3.86. The number of nitrogens with zero attached hydrogens (tertiary/aromatic N) is 2. The molecule has 0 aliphatic carbocycles. The first-order valence-corrected chi connectivity index (χ1v) is 13.1. The van der Waals surface area contributed by atoms with E-state index in [4.69, 9.17) is 0 Å². The number of likely N-dealkylation sites (N-methyl/N-ethyl adjacent to an activating group) is 1. The van der Waals surface area contributed by atoms with Gasteiger partial charge in [-0.1, -0.05) is 18.6 Å². The summed E-state index contributed by atoms with van der Waals surface area (Å²) < 4.78 is 68.2. The summed E-state index contributed by atoms with van der Waals surface area (Å²) >= 11 is 0. The number of hydrogen-bond donors (Lipinski definition) is 1. The van der Waals surface area contributed by atoms with E-state index in [0.717, 1.165) is 24.8 Å². The van der Waals surface area contributed by atoms with Crippen LogP contribution < -0.4 is 4.72 Å². The number of nitrogens with one attached hydrogen (secondary N) is 1. The van der Waals surface area contributed by atoms with Crippen molar-refractivity contribution in [2.24, 2.45) is 0 Å². The molecule has 7 nitrogen and oxygen atoms in total. The normalized spacial score (nSPS) is 17.0. The van der Waals surface area contributed by atoms with Crippen LogP contribution in [0.5, 0.6) is 0 Å². The number of halogens is 1. The van der Waals surface area contributed by atoms with E-state index in [-0.39, 0.29) is 28.2 Å². The highest BCUT2D eigenvalue weighted by molar-refractivity contribution is 7.89. The van der Waals surface area contributed by atoms with Crippen LogP contribution in [-0.4, -0.2) is 59.8 Å². The summed E-state index contributed by atoms with van der Waals surface area (Å²) in [5, 5.41) is 0. The van der Waals surface area contributed by atoms with Crippen molar-refractivity contribution in [3.05, 3.63) is 59.9 Å². The molecule has 0 spiro atoms. The Morgan fingerprint density at radius 1 is 0.903 bits per heavy atom. The SMILES string of the molecule is CN(C)C(CNS(=O)(=O)c1ccc(S(=O)(=O)N2CCCCC2)cc1)c1ccc(F)cc1. The van der Waals surface area contributed by atoms with Crippen LogP contribution >= 0.6 is 0 Å². The van der Waals surface area contributed by atoms with Crippen molar-refractivity contribution >= 4 is 20.0 Å². The van der Waals surface area contributed by atoms with Gasteiger partial charge in [0.15, 0.2) is 0 Å². The van der Waals surface area contributed by atoms with Crippen molar-refractivity contribution in [2.45, 2.75) is 35.1 Å². The summed E-state index contributed by atoms with van der Waals surface area (Å²) in [5.41, 5.74) is 0.775. The summed E-state index contributed by atoms with van der Waals surface area (Å²) in [4.78, 5) is 1.91. The molecule has 0 amide bonds. The Hall–Kier alpha value is -1.85. The van der Waals surface area contributed by atoms with Gasteiger partial charge in [0.25, 0.3) is 0 Å². The lowest BCUT2D eigenvalue weighted by Gasteiger charge is -2.26. The molecule has 1 N–H and O–H groups in total. The molecule has 0 radical (unpaired) electrons. The molecule has 170 valence electrons. The molecule has 2 aromatic rings. The molecule has 1 aliphatic rings. The minimum absolute atomic E-state index is 0.0123. The molecule has 1 heterocycles. The Bertz CT molecular complexity index is 1080. The summed E-state index contributed by atoms with van der Waals surface area (Å²) in [6, 6.07) is 10.9. The molecule has 1 atom stereocenters. The first-order valence-electron chi connectivity index (χ1n) is 10.1. The standard InChI is InChI=1S/C21H28FN3O4S2/c1-24(2)21(17-6-8-18(22)9-7-17)16-23-30(26,27)19-10-12-20(13-11-19)31(28,29)25-14-4-3-5-15-25/h6-13,21,23H,3-5,14-16H2,1-2H3. The van der Waals surface area contributed by atoms with Gasteiger partial charge < -0.3 is 4.90 Å². The molecule has 1 saturated heterocycles. The first-order chi connectivity index (χ1) is 14.6. The van der Waals surface area contributed by atoms with Gasteiger partial charge in [0, 0.05) is 25.7 Å². The smallest absolute Gasteiger partial charge is 0.243 e. The quantitative estimate of drug-likeness (QED) is 0.642. The molecule has 1 aliphatic heterocycles. The van der Waals surface area contributed by atoms with Crippen molar-refractivity contribution in [2.75, 3.05) is 33.7 Å². The van der Waals surface area contributed by atoms with Gasteiger partial charge >= 0.3 is 0 Å². The number of sulfonamides is 2. The fraction of sp³-hybridized carbons (Fsp3) is 0.429. The van der Waals surface area contributed by atoms with Gasteiger partial charge in [-0.05, 0) is 68.9 Å². The van der Waals surface area contributed by atoms with Crippen molar-refractivity contribution < 1.29 is 21.2 Å². The number of hydrogen-bond acceptors (Lipinski definition) is 5. The predicted octanol–water partition coefficient (Wildman–Crippen LogP) is 2.58. The lowest BCUT2D eigenvalue weighted by atomic mass is 10.1. The fourth-order valence-corrected chi connectivity index (χ4v) is 6.16. The molecule has 0 saturated carbocycles. The van der Waals surface area contributed by atoms with Gasteiger partial charge in [-0.3, -0.25) is 0 Å². The topological polar surface area (TPSA) is 86.8 Å². The summed E-state index contributed by atoms with van der Waals surface area (Å²) in [5.74, 6) is -0.360. The summed E-state index contributed by atoms with van der Waals surface area (Å²) in [6.45, 7) is 1.05. The maximum Gasteiger partial charge on any atom is 0.243 e. The number of piperidine rings is 1. The van der Waals surface area contributed by atoms with Crippen molar-refractivity contribution in [1.82, 2.24) is 13.9 Å². The van der Waals surface area contributed by atoms with Gasteiger partial charge in [0.2, 0.25) is 20.0 Å². The van der Waals surface area contributed by atoms with Crippen LogP contribution in [0.1, 0.15) is 30.9 Å². The largest absolute Gasteiger partial charge is 0.301 e. The van der Waals surface area contributed by atoms with Crippen LogP contribution in [0, 0.1) is 5.82 Å². The Kier molecular flexibility index (Phi) is 7.48. The van der Waals surface area contributed by atoms with Crippen LogP contribution in [0.2, 0.25) is 0 Å². The zero-order valence-corrected chi connectivity index (χ0v) is 19.3. The first kappa shape index (κ1) is 23.8. The summed E-state index contributed by atoms with van der Waals surface area (Å²) in [6.07, 6.45) is 2.67. The van der Waals surface area contributed by atoms with Gasteiger partial charge in [0.1, 0.15) is 5.82 Å². The molecule has 10 heteroatoms. The van der Waals surface area contributed by atoms with Crippen molar-refractivity contribution in [3.8, 4) is 0 Å². The van der Waals surface area contributed by atoms with E-state index in [1.54, 1.807) is 12.1 Å². The van der Waals surface area contributed by atoms with Crippen LogP contribution in [0.3, 0.4) is 0 Å². The van der Waals surface area contributed by atoms with Gasteiger partial charge in [0.05, 0.1) is 9.79 Å². The average molecular weight is 470 g/mol. The lowest BCUT2D eigenvalue weighted by molar-refractivity contribution is 0.299.